The molecule has 1 saturated heterocycles. The number of thiazole rings is 1. The molecule has 0 saturated carbocycles. The number of rotatable bonds is 4. The zero-order valence-electron chi connectivity index (χ0n) is 11.0. The van der Waals surface area contributed by atoms with Crippen molar-refractivity contribution >= 4 is 11.3 Å². The Morgan fingerprint density at radius 1 is 1.65 bits per heavy atom. The molecule has 1 aliphatic heterocycles. The van der Waals surface area contributed by atoms with E-state index < -0.39 is 0 Å². The second kappa shape index (κ2) is 5.46. The van der Waals surface area contributed by atoms with Gasteiger partial charge in [-0.25, -0.2) is 4.98 Å². The molecule has 2 atom stereocenters. The van der Waals surface area contributed by atoms with Crippen LogP contribution in [0.2, 0.25) is 0 Å². The van der Waals surface area contributed by atoms with Crippen molar-refractivity contribution in [1.29, 1.82) is 0 Å². The van der Waals surface area contributed by atoms with Gasteiger partial charge in [0, 0.05) is 36.6 Å². The zero-order chi connectivity index (χ0) is 12.3. The minimum absolute atomic E-state index is 0.348. The minimum atomic E-state index is 0.348. The van der Waals surface area contributed by atoms with Gasteiger partial charge in [-0.05, 0) is 18.4 Å². The topological polar surface area (TPSA) is 37.0 Å². The van der Waals surface area contributed by atoms with Crippen LogP contribution in [0.1, 0.15) is 38.1 Å². The average molecular weight is 253 g/mol. The van der Waals surface area contributed by atoms with Gasteiger partial charge in [-0.3, -0.25) is 0 Å². The molecule has 2 unspecified atom stereocenters. The second-order valence-electron chi connectivity index (χ2n) is 5.69. The van der Waals surface area contributed by atoms with Crippen molar-refractivity contribution in [2.75, 3.05) is 19.6 Å². The third kappa shape index (κ3) is 3.27. The van der Waals surface area contributed by atoms with E-state index in [1.165, 1.54) is 11.4 Å². The summed E-state index contributed by atoms with van der Waals surface area (Å²) in [7, 11) is 0. The Labute approximate surface area is 108 Å². The SMILES string of the molecule is CC(CNC1CCNCC1(C)C)c1nccs1. The third-order valence-electron chi connectivity index (χ3n) is 3.68. The normalized spacial score (nSPS) is 25.7. The Hall–Kier alpha value is -0.450. The zero-order valence-corrected chi connectivity index (χ0v) is 11.8. The summed E-state index contributed by atoms with van der Waals surface area (Å²) < 4.78 is 0. The van der Waals surface area contributed by atoms with Crippen molar-refractivity contribution < 1.29 is 0 Å². The first-order valence-corrected chi connectivity index (χ1v) is 7.31. The lowest BCUT2D eigenvalue weighted by Gasteiger charge is -2.40. The first kappa shape index (κ1) is 13.0. The Morgan fingerprint density at radius 2 is 2.47 bits per heavy atom. The fraction of sp³-hybridized carbons (Fsp3) is 0.769. The molecule has 2 N–H and O–H groups in total. The van der Waals surface area contributed by atoms with Gasteiger partial charge >= 0.3 is 0 Å². The fourth-order valence-corrected chi connectivity index (χ4v) is 3.13. The van der Waals surface area contributed by atoms with E-state index in [0.29, 0.717) is 17.4 Å². The largest absolute Gasteiger partial charge is 0.316 e. The number of nitrogens with zero attached hydrogens (tertiary/aromatic N) is 1. The summed E-state index contributed by atoms with van der Waals surface area (Å²) in [5.41, 5.74) is 0.348. The molecule has 2 heterocycles. The molecule has 0 spiro atoms. The van der Waals surface area contributed by atoms with Crippen molar-refractivity contribution in [2.45, 2.75) is 39.2 Å². The van der Waals surface area contributed by atoms with Gasteiger partial charge in [0.2, 0.25) is 0 Å². The van der Waals surface area contributed by atoms with Crippen LogP contribution >= 0.6 is 11.3 Å². The maximum absolute atomic E-state index is 4.38. The summed E-state index contributed by atoms with van der Waals surface area (Å²) in [4.78, 5) is 4.38. The van der Waals surface area contributed by atoms with Gasteiger partial charge in [0.05, 0.1) is 5.01 Å². The van der Waals surface area contributed by atoms with Gasteiger partial charge < -0.3 is 10.6 Å². The highest BCUT2D eigenvalue weighted by Gasteiger charge is 2.31. The molecular weight excluding hydrogens is 230 g/mol. The van der Waals surface area contributed by atoms with Crippen LogP contribution in [0.5, 0.6) is 0 Å². The van der Waals surface area contributed by atoms with Crippen molar-refractivity contribution in [3.05, 3.63) is 16.6 Å². The molecule has 0 amide bonds. The summed E-state index contributed by atoms with van der Waals surface area (Å²) in [6.07, 6.45) is 3.11. The van der Waals surface area contributed by atoms with E-state index in [4.69, 9.17) is 0 Å². The second-order valence-corrected chi connectivity index (χ2v) is 6.61. The number of nitrogens with one attached hydrogen (secondary N) is 2. The maximum atomic E-state index is 4.38. The quantitative estimate of drug-likeness (QED) is 0.864. The number of hydrogen-bond acceptors (Lipinski definition) is 4. The Morgan fingerprint density at radius 3 is 3.12 bits per heavy atom. The van der Waals surface area contributed by atoms with E-state index in [-0.39, 0.29) is 0 Å². The van der Waals surface area contributed by atoms with E-state index in [0.717, 1.165) is 19.6 Å². The molecule has 0 aromatic carbocycles. The molecule has 4 heteroatoms. The van der Waals surface area contributed by atoms with Gasteiger partial charge in [0.1, 0.15) is 0 Å². The highest BCUT2D eigenvalue weighted by molar-refractivity contribution is 7.09. The first-order chi connectivity index (χ1) is 8.09. The number of aromatic nitrogens is 1. The lowest BCUT2D eigenvalue weighted by atomic mass is 9.80. The minimum Gasteiger partial charge on any atom is -0.316 e. The lowest BCUT2D eigenvalue weighted by molar-refractivity contribution is 0.184. The molecule has 1 aromatic rings. The standard InChI is InChI=1S/C13H23N3S/c1-10(12-15-6-7-17-12)8-16-11-4-5-14-9-13(11,2)3/h6-7,10-11,14,16H,4-5,8-9H2,1-3H3. The predicted molar refractivity (Wildman–Crippen MR) is 73.6 cm³/mol. The molecule has 96 valence electrons. The molecule has 0 radical (unpaired) electrons. The average Bonchev–Trinajstić information content (AvgIpc) is 2.80. The van der Waals surface area contributed by atoms with Gasteiger partial charge in [-0.15, -0.1) is 11.3 Å². The predicted octanol–water partition coefficient (Wildman–Crippen LogP) is 2.22. The highest BCUT2D eigenvalue weighted by Crippen LogP contribution is 2.26. The van der Waals surface area contributed by atoms with E-state index in [9.17, 15) is 0 Å². The van der Waals surface area contributed by atoms with E-state index in [1.807, 2.05) is 6.20 Å². The Bertz CT molecular complexity index is 334. The van der Waals surface area contributed by atoms with E-state index in [2.05, 4.69) is 41.8 Å². The fourth-order valence-electron chi connectivity index (χ4n) is 2.43. The van der Waals surface area contributed by atoms with Crippen LogP contribution in [-0.4, -0.2) is 30.7 Å². The van der Waals surface area contributed by atoms with Gasteiger partial charge in [-0.1, -0.05) is 20.8 Å². The van der Waals surface area contributed by atoms with Crippen LogP contribution in [0.4, 0.5) is 0 Å². The Kier molecular flexibility index (Phi) is 4.17. The van der Waals surface area contributed by atoms with Crippen LogP contribution in [0, 0.1) is 5.41 Å². The third-order valence-corrected chi connectivity index (χ3v) is 4.68. The van der Waals surface area contributed by atoms with Crippen LogP contribution in [0.25, 0.3) is 0 Å². The lowest BCUT2D eigenvalue weighted by Crippen LogP contribution is -2.53. The smallest absolute Gasteiger partial charge is 0.0965 e. The van der Waals surface area contributed by atoms with Gasteiger partial charge in [-0.2, -0.15) is 0 Å². The summed E-state index contributed by atoms with van der Waals surface area (Å²) in [6.45, 7) is 10.2. The summed E-state index contributed by atoms with van der Waals surface area (Å²) in [6, 6.07) is 0.617. The molecule has 1 aromatic heterocycles. The van der Waals surface area contributed by atoms with Crippen molar-refractivity contribution in [3.8, 4) is 0 Å². The summed E-state index contributed by atoms with van der Waals surface area (Å²) in [5, 5.41) is 10.5. The monoisotopic (exact) mass is 253 g/mol. The molecule has 3 nitrogen and oxygen atoms in total. The van der Waals surface area contributed by atoms with Crippen LogP contribution in [-0.2, 0) is 0 Å². The van der Waals surface area contributed by atoms with E-state index >= 15 is 0 Å². The highest BCUT2D eigenvalue weighted by atomic mass is 32.1. The molecule has 1 aliphatic rings. The number of hydrogen-bond donors (Lipinski definition) is 2. The summed E-state index contributed by atoms with van der Waals surface area (Å²) >= 11 is 1.75. The summed E-state index contributed by atoms with van der Waals surface area (Å²) in [5.74, 6) is 0.515. The van der Waals surface area contributed by atoms with Crippen LogP contribution in [0.15, 0.2) is 11.6 Å². The molecular formula is C13H23N3S. The van der Waals surface area contributed by atoms with Crippen LogP contribution in [0.3, 0.4) is 0 Å². The van der Waals surface area contributed by atoms with Gasteiger partial charge in [0.15, 0.2) is 0 Å². The maximum Gasteiger partial charge on any atom is 0.0965 e. The van der Waals surface area contributed by atoms with Gasteiger partial charge in [0.25, 0.3) is 0 Å². The van der Waals surface area contributed by atoms with Crippen molar-refractivity contribution in [3.63, 3.8) is 0 Å². The molecule has 0 bridgehead atoms. The number of piperidine rings is 1. The van der Waals surface area contributed by atoms with Crippen molar-refractivity contribution in [2.24, 2.45) is 5.41 Å². The Balaban J connectivity index is 1.85. The molecule has 17 heavy (non-hydrogen) atoms. The van der Waals surface area contributed by atoms with Crippen LogP contribution < -0.4 is 10.6 Å². The molecule has 1 fully saturated rings. The molecule has 0 aliphatic carbocycles. The van der Waals surface area contributed by atoms with E-state index in [1.54, 1.807) is 11.3 Å². The first-order valence-electron chi connectivity index (χ1n) is 6.43. The molecule has 2 rings (SSSR count). The van der Waals surface area contributed by atoms with Crippen molar-refractivity contribution in [1.82, 2.24) is 15.6 Å².